The number of fused-ring (bicyclic) bond motifs is 1. The van der Waals surface area contributed by atoms with Gasteiger partial charge in [-0.3, -0.25) is 14.5 Å². The lowest BCUT2D eigenvalue weighted by Crippen LogP contribution is -2.46. The van der Waals surface area contributed by atoms with Crippen molar-refractivity contribution in [1.82, 2.24) is 9.80 Å². The predicted octanol–water partition coefficient (Wildman–Crippen LogP) is 0.711. The van der Waals surface area contributed by atoms with Gasteiger partial charge in [0.15, 0.2) is 21.3 Å². The quantitative estimate of drug-likeness (QED) is 0.723. The number of rotatable bonds is 5. The Hall–Kier alpha value is -2.33. The van der Waals surface area contributed by atoms with Gasteiger partial charge in [-0.15, -0.1) is 0 Å². The lowest BCUT2D eigenvalue weighted by Gasteiger charge is -2.33. The maximum atomic E-state index is 12.6. The Morgan fingerprint density at radius 1 is 1.17 bits per heavy atom. The number of benzene rings is 1. The van der Waals surface area contributed by atoms with Crippen LogP contribution in [0.3, 0.4) is 0 Å². The van der Waals surface area contributed by atoms with Crippen LogP contribution in [-0.4, -0.2) is 81.1 Å². The first kappa shape index (κ1) is 20.9. The summed E-state index contributed by atoms with van der Waals surface area (Å²) in [6.45, 7) is 1.75. The maximum Gasteiger partial charge on any atom is 0.236 e. The molecule has 9 nitrogen and oxygen atoms in total. The highest BCUT2D eigenvalue weighted by atomic mass is 32.2. The van der Waals surface area contributed by atoms with E-state index in [1.54, 1.807) is 30.1 Å². The Labute approximate surface area is 176 Å². The van der Waals surface area contributed by atoms with Gasteiger partial charge in [-0.1, -0.05) is 0 Å². The number of piperidine rings is 1. The number of sulfone groups is 1. The van der Waals surface area contributed by atoms with E-state index in [2.05, 4.69) is 5.32 Å². The van der Waals surface area contributed by atoms with E-state index >= 15 is 0 Å². The Balaban J connectivity index is 1.23. The standard InChI is InChI=1S/C20H27N3O6S/c1-22(16-6-9-30(26,27)12-16)19(24)11-23-7-4-14(5-8-23)20(25)21-15-2-3-17-18(10-15)29-13-28-17/h2-3,10,14,16H,4-9,11-13H2,1H3,(H,21,25)/t16-/m1/s1. The Bertz CT molecular complexity index is 926. The van der Waals surface area contributed by atoms with Crippen molar-refractivity contribution in [3.8, 4) is 11.5 Å². The van der Waals surface area contributed by atoms with Gasteiger partial charge in [0.05, 0.1) is 18.1 Å². The van der Waals surface area contributed by atoms with Crippen molar-refractivity contribution in [2.24, 2.45) is 5.92 Å². The second-order valence-corrected chi connectivity index (χ2v) is 10.4. The average molecular weight is 438 g/mol. The van der Waals surface area contributed by atoms with Crippen molar-refractivity contribution in [1.29, 1.82) is 0 Å². The van der Waals surface area contributed by atoms with Gasteiger partial charge in [0, 0.05) is 30.8 Å². The van der Waals surface area contributed by atoms with Crippen LogP contribution >= 0.6 is 0 Å². The van der Waals surface area contributed by atoms with Crippen LogP contribution in [0.25, 0.3) is 0 Å². The van der Waals surface area contributed by atoms with E-state index in [1.165, 1.54) is 0 Å². The number of hydrogen-bond donors (Lipinski definition) is 1. The highest BCUT2D eigenvalue weighted by molar-refractivity contribution is 7.91. The molecule has 0 saturated carbocycles. The lowest BCUT2D eigenvalue weighted by molar-refractivity contribution is -0.133. The van der Waals surface area contributed by atoms with Crippen molar-refractivity contribution in [2.45, 2.75) is 25.3 Å². The normalized spacial score (nSPS) is 23.3. The van der Waals surface area contributed by atoms with Gasteiger partial charge in [0.2, 0.25) is 18.6 Å². The fraction of sp³-hybridized carbons (Fsp3) is 0.600. The highest BCUT2D eigenvalue weighted by Gasteiger charge is 2.34. The van der Waals surface area contributed by atoms with E-state index in [0.29, 0.717) is 49.5 Å². The SMILES string of the molecule is CN(C(=O)CN1CCC(C(=O)Nc2ccc3c(c2)OCO3)CC1)[C@@H]1CCS(=O)(=O)C1. The summed E-state index contributed by atoms with van der Waals surface area (Å²) in [4.78, 5) is 28.8. The minimum absolute atomic E-state index is 0.0341. The average Bonchev–Trinajstić information content (AvgIpc) is 3.33. The third-order valence-corrected chi connectivity index (χ3v) is 7.86. The molecule has 0 spiro atoms. The molecule has 1 atom stereocenters. The number of anilines is 1. The minimum atomic E-state index is -3.02. The molecule has 30 heavy (non-hydrogen) atoms. The van der Waals surface area contributed by atoms with Crippen molar-refractivity contribution in [2.75, 3.05) is 50.3 Å². The molecule has 3 aliphatic rings. The second kappa shape index (κ2) is 8.43. The zero-order valence-electron chi connectivity index (χ0n) is 17.0. The highest BCUT2D eigenvalue weighted by Crippen LogP contribution is 2.34. The molecule has 4 rings (SSSR count). The van der Waals surface area contributed by atoms with E-state index < -0.39 is 9.84 Å². The van der Waals surface area contributed by atoms with Crippen LogP contribution in [0.2, 0.25) is 0 Å². The third-order valence-electron chi connectivity index (χ3n) is 6.11. The number of nitrogens with one attached hydrogen (secondary N) is 1. The summed E-state index contributed by atoms with van der Waals surface area (Å²) < 4.78 is 33.9. The summed E-state index contributed by atoms with van der Waals surface area (Å²) in [5.74, 6) is 1.29. The van der Waals surface area contributed by atoms with Crippen molar-refractivity contribution >= 4 is 27.3 Å². The number of hydrogen-bond acceptors (Lipinski definition) is 7. The molecule has 2 fully saturated rings. The number of nitrogens with zero attached hydrogens (tertiary/aromatic N) is 2. The molecule has 3 aliphatic heterocycles. The number of ether oxygens (including phenoxy) is 2. The fourth-order valence-electron chi connectivity index (χ4n) is 4.16. The summed E-state index contributed by atoms with van der Waals surface area (Å²) >= 11 is 0. The predicted molar refractivity (Wildman–Crippen MR) is 110 cm³/mol. The Morgan fingerprint density at radius 2 is 1.90 bits per heavy atom. The van der Waals surface area contributed by atoms with Crippen LogP contribution in [0.15, 0.2) is 18.2 Å². The molecule has 1 aromatic rings. The zero-order chi connectivity index (χ0) is 21.3. The topological polar surface area (TPSA) is 105 Å². The number of carbonyl (C=O) groups is 2. The van der Waals surface area contributed by atoms with Gasteiger partial charge < -0.3 is 19.7 Å². The van der Waals surface area contributed by atoms with E-state index in [4.69, 9.17) is 9.47 Å². The molecule has 0 bridgehead atoms. The van der Waals surface area contributed by atoms with E-state index in [-0.39, 0.29) is 48.6 Å². The Morgan fingerprint density at radius 3 is 2.60 bits per heavy atom. The fourth-order valence-corrected chi connectivity index (χ4v) is 5.93. The monoisotopic (exact) mass is 437 g/mol. The van der Waals surface area contributed by atoms with Crippen molar-refractivity contribution in [3.05, 3.63) is 18.2 Å². The van der Waals surface area contributed by atoms with Gasteiger partial charge >= 0.3 is 0 Å². The van der Waals surface area contributed by atoms with Gasteiger partial charge in [-0.25, -0.2) is 8.42 Å². The molecule has 2 amide bonds. The molecule has 1 aromatic carbocycles. The molecular weight excluding hydrogens is 410 g/mol. The first-order valence-electron chi connectivity index (χ1n) is 10.2. The van der Waals surface area contributed by atoms with Crippen LogP contribution in [0.1, 0.15) is 19.3 Å². The van der Waals surface area contributed by atoms with Crippen LogP contribution in [0, 0.1) is 5.92 Å². The van der Waals surface area contributed by atoms with Crippen molar-refractivity contribution < 1.29 is 27.5 Å². The largest absolute Gasteiger partial charge is 0.454 e. The number of likely N-dealkylation sites (N-methyl/N-ethyl adjacent to an activating group) is 1. The zero-order valence-corrected chi connectivity index (χ0v) is 17.8. The van der Waals surface area contributed by atoms with E-state index in [0.717, 1.165) is 0 Å². The molecule has 0 radical (unpaired) electrons. The summed E-state index contributed by atoms with van der Waals surface area (Å²) in [5, 5.41) is 2.93. The maximum absolute atomic E-state index is 12.6. The molecule has 10 heteroatoms. The van der Waals surface area contributed by atoms with E-state index in [9.17, 15) is 18.0 Å². The molecule has 1 N–H and O–H groups in total. The van der Waals surface area contributed by atoms with E-state index in [1.807, 2.05) is 4.90 Å². The lowest BCUT2D eigenvalue weighted by atomic mass is 9.95. The minimum Gasteiger partial charge on any atom is -0.454 e. The molecule has 0 aromatic heterocycles. The third kappa shape index (κ3) is 4.70. The van der Waals surface area contributed by atoms with Crippen LogP contribution < -0.4 is 14.8 Å². The second-order valence-electron chi connectivity index (χ2n) is 8.17. The van der Waals surface area contributed by atoms with Crippen LogP contribution in [-0.2, 0) is 19.4 Å². The molecule has 0 unspecified atom stereocenters. The molecule has 164 valence electrons. The smallest absolute Gasteiger partial charge is 0.236 e. The molecule has 0 aliphatic carbocycles. The Kier molecular flexibility index (Phi) is 5.88. The van der Waals surface area contributed by atoms with Crippen LogP contribution in [0.5, 0.6) is 11.5 Å². The van der Waals surface area contributed by atoms with Gasteiger partial charge in [0.25, 0.3) is 0 Å². The number of carbonyl (C=O) groups excluding carboxylic acids is 2. The first-order valence-corrected chi connectivity index (χ1v) is 12.0. The van der Waals surface area contributed by atoms with Gasteiger partial charge in [-0.05, 0) is 44.5 Å². The number of amides is 2. The summed E-state index contributed by atoms with van der Waals surface area (Å²) in [6, 6.07) is 5.09. The van der Waals surface area contributed by atoms with Crippen molar-refractivity contribution in [3.63, 3.8) is 0 Å². The molecule has 2 saturated heterocycles. The van der Waals surface area contributed by atoms with Gasteiger partial charge in [-0.2, -0.15) is 0 Å². The van der Waals surface area contributed by atoms with Gasteiger partial charge in [0.1, 0.15) is 0 Å². The summed E-state index contributed by atoms with van der Waals surface area (Å²) in [7, 11) is -1.34. The summed E-state index contributed by atoms with van der Waals surface area (Å²) in [5.41, 5.74) is 0.676. The summed E-state index contributed by atoms with van der Waals surface area (Å²) in [6.07, 6.45) is 1.85. The number of likely N-dealkylation sites (tertiary alicyclic amines) is 1. The molecular formula is C20H27N3O6S. The first-order chi connectivity index (χ1) is 14.3. The molecule has 3 heterocycles. The van der Waals surface area contributed by atoms with Crippen LogP contribution in [0.4, 0.5) is 5.69 Å².